The summed E-state index contributed by atoms with van der Waals surface area (Å²) in [5.41, 5.74) is 4.83. The number of nitrogens with zero attached hydrogens (tertiary/aromatic N) is 4. The molecule has 33 heavy (non-hydrogen) atoms. The van der Waals surface area contributed by atoms with Crippen LogP contribution in [-0.2, 0) is 11.2 Å². The van der Waals surface area contributed by atoms with Gasteiger partial charge < -0.3 is 10.2 Å². The number of amides is 2. The lowest BCUT2D eigenvalue weighted by Gasteiger charge is -2.35. The summed E-state index contributed by atoms with van der Waals surface area (Å²) in [5.74, 6) is 0.465. The molecule has 0 saturated carbocycles. The molecule has 3 aromatic rings. The molecule has 1 saturated heterocycles. The molecule has 2 aromatic heterocycles. The molecule has 172 valence electrons. The van der Waals surface area contributed by atoms with Crippen molar-refractivity contribution < 1.29 is 9.59 Å². The van der Waals surface area contributed by atoms with E-state index in [9.17, 15) is 9.59 Å². The second-order valence-electron chi connectivity index (χ2n) is 8.56. The van der Waals surface area contributed by atoms with E-state index in [1.165, 1.54) is 0 Å². The highest BCUT2D eigenvalue weighted by atomic mass is 16.2. The number of hydrogen-bond acceptors (Lipinski definition) is 5. The Morgan fingerprint density at radius 3 is 2.61 bits per heavy atom. The molecule has 0 spiro atoms. The monoisotopic (exact) mass is 446 g/mol. The number of para-hydroxylation sites is 1. The highest BCUT2D eigenvalue weighted by molar-refractivity contribution is 6.04. The minimum Gasteiger partial charge on any atom is -0.332 e. The molecule has 1 aliphatic rings. The molecule has 8 heteroatoms. The third-order valence-corrected chi connectivity index (χ3v) is 6.27. The van der Waals surface area contributed by atoms with Crippen LogP contribution in [0.1, 0.15) is 70.6 Å². The largest absolute Gasteiger partial charge is 0.332 e. The van der Waals surface area contributed by atoms with Crippen molar-refractivity contribution >= 4 is 17.5 Å². The maximum Gasteiger partial charge on any atom is 0.259 e. The van der Waals surface area contributed by atoms with Crippen LogP contribution in [0.5, 0.6) is 0 Å². The number of aryl methyl sites for hydroxylation is 3. The molecule has 1 unspecified atom stereocenters. The van der Waals surface area contributed by atoms with Gasteiger partial charge in [-0.2, -0.15) is 5.10 Å². The molecule has 2 N–H and O–H groups in total. The first-order valence-electron chi connectivity index (χ1n) is 11.4. The van der Waals surface area contributed by atoms with Crippen molar-refractivity contribution in [3.63, 3.8) is 0 Å². The first-order chi connectivity index (χ1) is 15.9. The molecule has 8 nitrogen and oxygen atoms in total. The van der Waals surface area contributed by atoms with Crippen LogP contribution >= 0.6 is 0 Å². The fourth-order valence-corrected chi connectivity index (χ4v) is 4.40. The maximum atomic E-state index is 13.1. The average Bonchev–Trinajstić information content (AvgIpc) is 3.15. The minimum atomic E-state index is -0.243. The van der Waals surface area contributed by atoms with Gasteiger partial charge in [0.25, 0.3) is 5.91 Å². The quantitative estimate of drug-likeness (QED) is 0.594. The summed E-state index contributed by atoms with van der Waals surface area (Å²) < 4.78 is 0. The van der Waals surface area contributed by atoms with Gasteiger partial charge in [0.2, 0.25) is 5.91 Å². The van der Waals surface area contributed by atoms with Gasteiger partial charge in [-0.15, -0.1) is 0 Å². The van der Waals surface area contributed by atoms with Gasteiger partial charge in [0.1, 0.15) is 0 Å². The van der Waals surface area contributed by atoms with Crippen LogP contribution in [0.4, 0.5) is 5.69 Å². The second-order valence-corrected chi connectivity index (χ2v) is 8.56. The standard InChI is InChI=1S/C25H30N6O2/c1-16-21(25(33)28-19-9-5-4-6-10-19)15-26-24(27-16)22-11-7-8-14-31(22)23(32)13-12-20-17(2)29-30-18(20)3/h4-6,9-10,15,22H,7-8,11-14H2,1-3H3,(H,28,33)(H,29,30). The Labute approximate surface area is 193 Å². The fourth-order valence-electron chi connectivity index (χ4n) is 4.40. The number of aromatic amines is 1. The highest BCUT2D eigenvalue weighted by Crippen LogP contribution is 2.30. The van der Waals surface area contributed by atoms with Crippen LogP contribution in [0.3, 0.4) is 0 Å². The lowest BCUT2D eigenvalue weighted by atomic mass is 9.99. The number of likely N-dealkylation sites (tertiary alicyclic amines) is 1. The Morgan fingerprint density at radius 1 is 1.12 bits per heavy atom. The predicted octanol–water partition coefficient (Wildman–Crippen LogP) is 4.06. The fraction of sp³-hybridized carbons (Fsp3) is 0.400. The molecule has 3 heterocycles. The number of rotatable bonds is 6. The summed E-state index contributed by atoms with van der Waals surface area (Å²) >= 11 is 0. The van der Waals surface area contributed by atoms with Crippen LogP contribution < -0.4 is 5.32 Å². The minimum absolute atomic E-state index is 0.104. The van der Waals surface area contributed by atoms with Gasteiger partial charge in [-0.1, -0.05) is 18.2 Å². The summed E-state index contributed by atoms with van der Waals surface area (Å²) in [6.45, 7) is 6.45. The zero-order valence-corrected chi connectivity index (χ0v) is 19.4. The molecule has 1 atom stereocenters. The summed E-state index contributed by atoms with van der Waals surface area (Å²) in [7, 11) is 0. The summed E-state index contributed by atoms with van der Waals surface area (Å²) in [5, 5.41) is 10.1. The molecule has 0 radical (unpaired) electrons. The molecule has 0 bridgehead atoms. The van der Waals surface area contributed by atoms with Crippen molar-refractivity contribution in [3.05, 3.63) is 70.6 Å². The smallest absolute Gasteiger partial charge is 0.259 e. The van der Waals surface area contributed by atoms with Gasteiger partial charge in [-0.25, -0.2) is 9.97 Å². The van der Waals surface area contributed by atoms with Crippen molar-refractivity contribution in [3.8, 4) is 0 Å². The van der Waals surface area contributed by atoms with Gasteiger partial charge in [-0.05, 0) is 64.2 Å². The van der Waals surface area contributed by atoms with Crippen molar-refractivity contribution in [1.29, 1.82) is 0 Å². The van der Waals surface area contributed by atoms with E-state index in [2.05, 4.69) is 25.5 Å². The Hall–Kier alpha value is -3.55. The third-order valence-electron chi connectivity index (χ3n) is 6.27. The molecule has 0 aliphatic carbocycles. The number of aromatic nitrogens is 4. The molecule has 2 amide bonds. The summed E-state index contributed by atoms with van der Waals surface area (Å²) in [6, 6.07) is 9.13. The van der Waals surface area contributed by atoms with Gasteiger partial charge in [-0.3, -0.25) is 14.7 Å². The van der Waals surface area contributed by atoms with E-state index in [1.807, 2.05) is 56.0 Å². The molecule has 1 aliphatic heterocycles. The number of carbonyl (C=O) groups excluding carboxylic acids is 2. The van der Waals surface area contributed by atoms with E-state index >= 15 is 0 Å². The van der Waals surface area contributed by atoms with E-state index in [-0.39, 0.29) is 17.9 Å². The molecule has 1 fully saturated rings. The van der Waals surface area contributed by atoms with E-state index in [4.69, 9.17) is 0 Å². The Morgan fingerprint density at radius 2 is 1.91 bits per heavy atom. The Balaban J connectivity index is 1.47. The van der Waals surface area contributed by atoms with Crippen LogP contribution in [0.25, 0.3) is 0 Å². The first-order valence-corrected chi connectivity index (χ1v) is 11.4. The first kappa shape index (κ1) is 22.6. The van der Waals surface area contributed by atoms with E-state index in [1.54, 1.807) is 6.20 Å². The third kappa shape index (κ3) is 5.10. The van der Waals surface area contributed by atoms with E-state index in [0.717, 1.165) is 41.9 Å². The van der Waals surface area contributed by atoms with Crippen LogP contribution in [0.2, 0.25) is 0 Å². The number of carbonyl (C=O) groups is 2. The normalized spacial score (nSPS) is 16.0. The van der Waals surface area contributed by atoms with E-state index < -0.39 is 0 Å². The van der Waals surface area contributed by atoms with Gasteiger partial charge >= 0.3 is 0 Å². The zero-order valence-electron chi connectivity index (χ0n) is 19.4. The Bertz CT molecular complexity index is 1120. The van der Waals surface area contributed by atoms with Crippen molar-refractivity contribution in [1.82, 2.24) is 25.1 Å². The topological polar surface area (TPSA) is 104 Å². The van der Waals surface area contributed by atoms with E-state index in [0.29, 0.717) is 36.5 Å². The van der Waals surface area contributed by atoms with Crippen molar-refractivity contribution in [2.45, 2.75) is 58.9 Å². The number of hydrogen-bond donors (Lipinski definition) is 2. The predicted molar refractivity (Wildman–Crippen MR) is 126 cm³/mol. The van der Waals surface area contributed by atoms with Gasteiger partial charge in [0.05, 0.1) is 23.0 Å². The number of anilines is 1. The van der Waals surface area contributed by atoms with Crippen LogP contribution in [0.15, 0.2) is 36.5 Å². The van der Waals surface area contributed by atoms with Gasteiger partial charge in [0, 0.05) is 30.5 Å². The molecular formula is C25H30N6O2. The van der Waals surface area contributed by atoms with Crippen molar-refractivity contribution in [2.24, 2.45) is 0 Å². The van der Waals surface area contributed by atoms with Gasteiger partial charge in [0.15, 0.2) is 5.82 Å². The van der Waals surface area contributed by atoms with Crippen LogP contribution in [0, 0.1) is 20.8 Å². The molecule has 4 rings (SSSR count). The maximum absolute atomic E-state index is 13.1. The number of piperidine rings is 1. The molecular weight excluding hydrogens is 416 g/mol. The highest BCUT2D eigenvalue weighted by Gasteiger charge is 2.30. The van der Waals surface area contributed by atoms with Crippen molar-refractivity contribution in [2.75, 3.05) is 11.9 Å². The average molecular weight is 447 g/mol. The lowest BCUT2D eigenvalue weighted by molar-refractivity contribution is -0.135. The number of benzene rings is 1. The number of H-pyrrole nitrogens is 1. The molecule has 1 aromatic carbocycles. The summed E-state index contributed by atoms with van der Waals surface area (Å²) in [4.78, 5) is 36.9. The zero-order chi connectivity index (χ0) is 23.4. The van der Waals surface area contributed by atoms with Crippen LogP contribution in [-0.4, -0.2) is 43.4 Å². The second kappa shape index (κ2) is 9.94. The SMILES string of the molecule is Cc1nc(C2CCCCN2C(=O)CCc2c(C)n[nH]c2C)ncc1C(=O)Nc1ccccc1. The Kier molecular flexibility index (Phi) is 6.82. The lowest BCUT2D eigenvalue weighted by Crippen LogP contribution is -2.39. The summed E-state index contributed by atoms with van der Waals surface area (Å²) in [6.07, 6.45) is 5.48. The number of nitrogens with one attached hydrogen (secondary N) is 2.